The van der Waals surface area contributed by atoms with E-state index in [4.69, 9.17) is 16.3 Å². The first-order chi connectivity index (χ1) is 10.1. The lowest BCUT2D eigenvalue weighted by atomic mass is 10.2. The molecule has 112 valence electrons. The second-order valence-corrected chi connectivity index (χ2v) is 5.95. The van der Waals surface area contributed by atoms with Gasteiger partial charge in [-0.15, -0.1) is 11.3 Å². The minimum atomic E-state index is -0.377. The molecule has 0 aliphatic heterocycles. The van der Waals surface area contributed by atoms with Crippen molar-refractivity contribution in [2.75, 3.05) is 13.2 Å². The van der Waals surface area contributed by atoms with Gasteiger partial charge in [-0.2, -0.15) is 0 Å². The molecule has 2 rings (SSSR count). The molecular weight excluding hydrogens is 308 g/mol. The van der Waals surface area contributed by atoms with E-state index in [0.717, 1.165) is 27.6 Å². The number of rotatable bonds is 5. The summed E-state index contributed by atoms with van der Waals surface area (Å²) < 4.78 is 4.82. The number of thiazole rings is 1. The molecule has 4 nitrogen and oxygen atoms in total. The molecule has 1 heterocycles. The van der Waals surface area contributed by atoms with Gasteiger partial charge in [0.25, 0.3) is 0 Å². The molecule has 1 amide bonds. The molecule has 1 aromatic carbocycles. The highest BCUT2D eigenvalue weighted by atomic mass is 35.5. The zero-order valence-corrected chi connectivity index (χ0v) is 13.6. The quantitative estimate of drug-likeness (QED) is 0.902. The Hall–Kier alpha value is -1.59. The van der Waals surface area contributed by atoms with Gasteiger partial charge >= 0.3 is 6.09 Å². The lowest BCUT2D eigenvalue weighted by Gasteiger charge is -2.03. The van der Waals surface area contributed by atoms with Crippen molar-refractivity contribution in [1.29, 1.82) is 0 Å². The summed E-state index contributed by atoms with van der Waals surface area (Å²) in [7, 11) is 0. The van der Waals surface area contributed by atoms with Gasteiger partial charge in [-0.05, 0) is 26.0 Å². The van der Waals surface area contributed by atoms with E-state index < -0.39 is 0 Å². The van der Waals surface area contributed by atoms with Crippen LogP contribution in [-0.4, -0.2) is 24.2 Å². The average Bonchev–Trinajstić information content (AvgIpc) is 2.81. The van der Waals surface area contributed by atoms with E-state index in [0.29, 0.717) is 18.2 Å². The minimum absolute atomic E-state index is 0.377. The van der Waals surface area contributed by atoms with Crippen LogP contribution in [0.1, 0.15) is 17.5 Å². The van der Waals surface area contributed by atoms with Gasteiger partial charge in [-0.1, -0.05) is 23.7 Å². The molecule has 1 aromatic heterocycles. The van der Waals surface area contributed by atoms with Crippen LogP contribution in [0.3, 0.4) is 0 Å². The van der Waals surface area contributed by atoms with E-state index in [-0.39, 0.29) is 6.09 Å². The van der Waals surface area contributed by atoms with Gasteiger partial charge in [0, 0.05) is 28.4 Å². The summed E-state index contributed by atoms with van der Waals surface area (Å²) in [6, 6.07) is 7.63. The Balaban J connectivity index is 1.99. The van der Waals surface area contributed by atoms with Gasteiger partial charge < -0.3 is 10.1 Å². The molecule has 0 spiro atoms. The van der Waals surface area contributed by atoms with Crippen LogP contribution in [0.15, 0.2) is 24.3 Å². The number of nitrogens with zero attached hydrogens (tertiary/aromatic N) is 1. The van der Waals surface area contributed by atoms with Crippen LogP contribution < -0.4 is 5.32 Å². The van der Waals surface area contributed by atoms with Gasteiger partial charge in [-0.25, -0.2) is 9.78 Å². The van der Waals surface area contributed by atoms with Crippen molar-refractivity contribution in [3.63, 3.8) is 0 Å². The van der Waals surface area contributed by atoms with Gasteiger partial charge in [-0.3, -0.25) is 0 Å². The molecule has 0 saturated carbocycles. The second kappa shape index (κ2) is 7.43. The highest BCUT2D eigenvalue weighted by molar-refractivity contribution is 7.15. The first-order valence-electron chi connectivity index (χ1n) is 6.73. The number of carbonyl (C=O) groups excluding carboxylic acids is 1. The van der Waals surface area contributed by atoms with Gasteiger partial charge in [0.05, 0.1) is 12.3 Å². The minimum Gasteiger partial charge on any atom is -0.450 e. The lowest BCUT2D eigenvalue weighted by molar-refractivity contribution is 0.152. The van der Waals surface area contributed by atoms with Crippen molar-refractivity contribution in [3.05, 3.63) is 39.9 Å². The molecule has 0 unspecified atom stereocenters. The Morgan fingerprint density at radius 3 is 2.76 bits per heavy atom. The fourth-order valence-electron chi connectivity index (χ4n) is 1.84. The number of alkyl carbamates (subject to hydrolysis) is 1. The molecule has 0 fully saturated rings. The number of aryl methyl sites for hydroxylation is 1. The maximum Gasteiger partial charge on any atom is 0.407 e. The van der Waals surface area contributed by atoms with Crippen LogP contribution in [0.2, 0.25) is 5.02 Å². The van der Waals surface area contributed by atoms with Gasteiger partial charge in [0.15, 0.2) is 0 Å². The summed E-state index contributed by atoms with van der Waals surface area (Å²) in [6.07, 6.45) is 0.369. The predicted molar refractivity (Wildman–Crippen MR) is 86.0 cm³/mol. The van der Waals surface area contributed by atoms with E-state index in [1.165, 1.54) is 0 Å². The highest BCUT2D eigenvalue weighted by Gasteiger charge is 2.10. The van der Waals surface area contributed by atoms with Crippen molar-refractivity contribution in [3.8, 4) is 10.6 Å². The van der Waals surface area contributed by atoms with Crippen LogP contribution in [0.4, 0.5) is 4.79 Å². The van der Waals surface area contributed by atoms with Crippen LogP contribution in [0, 0.1) is 6.92 Å². The van der Waals surface area contributed by atoms with Crippen molar-refractivity contribution in [2.24, 2.45) is 0 Å². The van der Waals surface area contributed by atoms with Gasteiger partial charge in [0.1, 0.15) is 5.01 Å². The maximum absolute atomic E-state index is 11.2. The number of halogens is 1. The topological polar surface area (TPSA) is 51.2 Å². The summed E-state index contributed by atoms with van der Waals surface area (Å²) in [4.78, 5) is 17.0. The second-order valence-electron chi connectivity index (χ2n) is 4.43. The number of hydrogen-bond donors (Lipinski definition) is 1. The molecule has 2 aromatic rings. The summed E-state index contributed by atoms with van der Waals surface area (Å²) in [6.45, 7) is 4.69. The van der Waals surface area contributed by atoms with Crippen LogP contribution in [-0.2, 0) is 11.2 Å². The molecular formula is C15H17ClN2O2S. The Labute approximate surface area is 133 Å². The fraction of sp³-hybridized carbons (Fsp3) is 0.333. The van der Waals surface area contributed by atoms with E-state index in [1.807, 2.05) is 31.2 Å². The third kappa shape index (κ3) is 4.44. The summed E-state index contributed by atoms with van der Waals surface area (Å²) >= 11 is 7.53. The molecule has 0 atom stereocenters. The zero-order chi connectivity index (χ0) is 15.2. The Morgan fingerprint density at radius 2 is 2.10 bits per heavy atom. The summed E-state index contributed by atoms with van der Waals surface area (Å²) in [5.74, 6) is 0. The first kappa shape index (κ1) is 15.8. The fourth-order valence-corrected chi connectivity index (χ4v) is 3.03. The molecule has 6 heteroatoms. The lowest BCUT2D eigenvalue weighted by Crippen LogP contribution is -2.26. The van der Waals surface area contributed by atoms with Crippen molar-refractivity contribution < 1.29 is 9.53 Å². The summed E-state index contributed by atoms with van der Waals surface area (Å²) in [5.41, 5.74) is 2.05. The molecule has 0 bridgehead atoms. The third-order valence-corrected chi connectivity index (χ3v) is 4.40. The van der Waals surface area contributed by atoms with Crippen LogP contribution >= 0.6 is 22.9 Å². The van der Waals surface area contributed by atoms with Crippen LogP contribution in [0.5, 0.6) is 0 Å². The number of amides is 1. The highest BCUT2D eigenvalue weighted by Crippen LogP contribution is 2.28. The Morgan fingerprint density at radius 1 is 1.38 bits per heavy atom. The van der Waals surface area contributed by atoms with Crippen LogP contribution in [0.25, 0.3) is 10.6 Å². The normalized spacial score (nSPS) is 10.4. The monoisotopic (exact) mass is 324 g/mol. The molecule has 0 aliphatic rings. The molecule has 0 aliphatic carbocycles. The summed E-state index contributed by atoms with van der Waals surface area (Å²) in [5, 5.41) is 4.40. The smallest absolute Gasteiger partial charge is 0.407 e. The number of aromatic nitrogens is 1. The SMILES string of the molecule is CCOC(=O)NCCc1sc(-c2ccc(Cl)cc2)nc1C. The molecule has 0 radical (unpaired) electrons. The van der Waals surface area contributed by atoms with E-state index in [2.05, 4.69) is 10.3 Å². The van der Waals surface area contributed by atoms with E-state index in [9.17, 15) is 4.79 Å². The molecule has 21 heavy (non-hydrogen) atoms. The Bertz CT molecular complexity index is 611. The maximum atomic E-state index is 11.2. The molecule has 0 saturated heterocycles. The standard InChI is InChI=1S/C15H17ClN2O2S/c1-3-20-15(19)17-9-8-13-10(2)18-14(21-13)11-4-6-12(16)7-5-11/h4-7H,3,8-9H2,1-2H3,(H,17,19). The first-order valence-corrected chi connectivity index (χ1v) is 7.92. The molecule has 1 N–H and O–H groups in total. The van der Waals surface area contributed by atoms with Crippen molar-refractivity contribution in [1.82, 2.24) is 10.3 Å². The number of hydrogen-bond acceptors (Lipinski definition) is 4. The van der Waals surface area contributed by atoms with E-state index >= 15 is 0 Å². The number of ether oxygens (including phenoxy) is 1. The van der Waals surface area contributed by atoms with Gasteiger partial charge in [0.2, 0.25) is 0 Å². The number of carbonyl (C=O) groups is 1. The van der Waals surface area contributed by atoms with Crippen molar-refractivity contribution in [2.45, 2.75) is 20.3 Å². The third-order valence-electron chi connectivity index (χ3n) is 2.88. The number of benzene rings is 1. The average molecular weight is 325 g/mol. The predicted octanol–water partition coefficient (Wildman–Crippen LogP) is 4.06. The Kier molecular flexibility index (Phi) is 5.59. The largest absolute Gasteiger partial charge is 0.450 e. The van der Waals surface area contributed by atoms with Crippen molar-refractivity contribution >= 4 is 29.0 Å². The van der Waals surface area contributed by atoms with E-state index in [1.54, 1.807) is 18.3 Å². The number of nitrogens with one attached hydrogen (secondary N) is 1. The zero-order valence-electron chi connectivity index (χ0n) is 12.0.